The Morgan fingerprint density at radius 2 is 2.39 bits per heavy atom. The van der Waals surface area contributed by atoms with E-state index >= 15 is 0 Å². The molecule has 1 spiro atoms. The minimum Gasteiger partial charge on any atom is -0.322 e. The van der Waals surface area contributed by atoms with Crippen molar-refractivity contribution >= 4 is 23.3 Å². The predicted octanol–water partition coefficient (Wildman–Crippen LogP) is 0.317. The van der Waals surface area contributed by atoms with Crippen molar-refractivity contribution < 1.29 is 9.59 Å². The maximum absolute atomic E-state index is 12.4. The van der Waals surface area contributed by atoms with Crippen molar-refractivity contribution in [3.63, 3.8) is 0 Å². The summed E-state index contributed by atoms with van der Waals surface area (Å²) in [5, 5.41) is 6.02. The maximum Gasteiger partial charge on any atom is 0.325 e. The molecule has 3 heterocycles. The molecule has 18 heavy (non-hydrogen) atoms. The summed E-state index contributed by atoms with van der Waals surface area (Å²) in [7, 11) is 0. The largest absolute Gasteiger partial charge is 0.325 e. The van der Waals surface area contributed by atoms with Gasteiger partial charge in [0.15, 0.2) is 0 Å². The van der Waals surface area contributed by atoms with E-state index in [1.807, 2.05) is 0 Å². The zero-order chi connectivity index (χ0) is 12.6. The molecule has 0 aliphatic carbocycles. The van der Waals surface area contributed by atoms with Crippen molar-refractivity contribution in [2.75, 3.05) is 13.1 Å². The molecule has 2 saturated heterocycles. The Hall–Kier alpha value is -1.47. The topological polar surface area (TPSA) is 74.3 Å². The van der Waals surface area contributed by atoms with Crippen LogP contribution >= 0.6 is 11.3 Å². The maximum atomic E-state index is 12.4. The van der Waals surface area contributed by atoms with Gasteiger partial charge in [-0.15, -0.1) is 11.3 Å². The number of rotatable bonds is 2. The monoisotopic (exact) mass is 266 g/mol. The highest BCUT2D eigenvalue weighted by Crippen LogP contribution is 2.26. The third-order valence-electron chi connectivity index (χ3n) is 3.43. The molecule has 0 bridgehead atoms. The van der Waals surface area contributed by atoms with Gasteiger partial charge >= 0.3 is 6.03 Å². The number of amides is 3. The molecule has 7 heteroatoms. The Balaban J connectivity index is 1.80. The van der Waals surface area contributed by atoms with Crippen LogP contribution in [0.2, 0.25) is 0 Å². The van der Waals surface area contributed by atoms with Gasteiger partial charge in [-0.3, -0.25) is 14.7 Å². The summed E-state index contributed by atoms with van der Waals surface area (Å²) < 4.78 is 0. The third-order valence-corrected chi connectivity index (χ3v) is 4.19. The van der Waals surface area contributed by atoms with E-state index in [4.69, 9.17) is 0 Å². The van der Waals surface area contributed by atoms with Crippen LogP contribution in [0.3, 0.4) is 0 Å². The SMILES string of the molecule is O=C1NC2(CCCNC2)C(=O)N1Cc1cncs1. The summed E-state index contributed by atoms with van der Waals surface area (Å²) >= 11 is 1.45. The lowest BCUT2D eigenvalue weighted by molar-refractivity contribution is -0.132. The number of aromatic nitrogens is 1. The second-order valence-electron chi connectivity index (χ2n) is 4.65. The lowest BCUT2D eigenvalue weighted by Crippen LogP contribution is -2.57. The van der Waals surface area contributed by atoms with Crippen molar-refractivity contribution in [2.24, 2.45) is 0 Å². The summed E-state index contributed by atoms with van der Waals surface area (Å²) in [4.78, 5) is 30.5. The van der Waals surface area contributed by atoms with Crippen LogP contribution < -0.4 is 10.6 Å². The highest BCUT2D eigenvalue weighted by Gasteiger charge is 2.51. The molecule has 2 aliphatic rings. The molecule has 1 aromatic rings. The van der Waals surface area contributed by atoms with E-state index in [-0.39, 0.29) is 11.9 Å². The van der Waals surface area contributed by atoms with Crippen LogP contribution in [0, 0.1) is 0 Å². The first-order chi connectivity index (χ1) is 8.71. The van der Waals surface area contributed by atoms with Gasteiger partial charge in [-0.05, 0) is 19.4 Å². The summed E-state index contributed by atoms with van der Waals surface area (Å²) in [5.41, 5.74) is 0.978. The van der Waals surface area contributed by atoms with E-state index in [1.54, 1.807) is 11.7 Å². The lowest BCUT2D eigenvalue weighted by atomic mass is 9.90. The van der Waals surface area contributed by atoms with Gasteiger partial charge in [0.05, 0.1) is 12.1 Å². The molecule has 1 atom stereocenters. The molecule has 6 nitrogen and oxygen atoms in total. The molecular weight excluding hydrogens is 252 g/mol. The highest BCUT2D eigenvalue weighted by molar-refractivity contribution is 7.09. The van der Waals surface area contributed by atoms with Crippen molar-refractivity contribution in [3.8, 4) is 0 Å². The predicted molar refractivity (Wildman–Crippen MR) is 66.0 cm³/mol. The second kappa shape index (κ2) is 4.33. The van der Waals surface area contributed by atoms with Crippen LogP contribution in [0.1, 0.15) is 17.7 Å². The first-order valence-corrected chi connectivity index (χ1v) is 6.81. The molecule has 96 valence electrons. The van der Waals surface area contributed by atoms with E-state index < -0.39 is 5.54 Å². The van der Waals surface area contributed by atoms with Gasteiger partial charge < -0.3 is 10.6 Å². The number of hydrogen-bond donors (Lipinski definition) is 2. The number of imide groups is 1. The average Bonchev–Trinajstić information content (AvgIpc) is 2.95. The van der Waals surface area contributed by atoms with Gasteiger partial charge in [0, 0.05) is 17.6 Å². The van der Waals surface area contributed by atoms with E-state index in [9.17, 15) is 9.59 Å². The smallest absolute Gasteiger partial charge is 0.322 e. The van der Waals surface area contributed by atoms with Gasteiger partial charge in [0.2, 0.25) is 0 Å². The Bertz CT molecular complexity index is 467. The molecule has 2 N–H and O–H groups in total. The fraction of sp³-hybridized carbons (Fsp3) is 0.545. The average molecular weight is 266 g/mol. The quantitative estimate of drug-likeness (QED) is 0.756. The number of urea groups is 1. The van der Waals surface area contributed by atoms with Gasteiger partial charge in [0.25, 0.3) is 5.91 Å². The lowest BCUT2D eigenvalue weighted by Gasteiger charge is -2.31. The van der Waals surface area contributed by atoms with Crippen LogP contribution in [-0.2, 0) is 11.3 Å². The minimum absolute atomic E-state index is 0.117. The van der Waals surface area contributed by atoms with Crippen LogP contribution in [0.15, 0.2) is 11.7 Å². The van der Waals surface area contributed by atoms with Crippen LogP contribution in [-0.4, -0.2) is 40.5 Å². The Morgan fingerprint density at radius 1 is 1.50 bits per heavy atom. The van der Waals surface area contributed by atoms with Crippen molar-refractivity contribution in [1.82, 2.24) is 20.5 Å². The van der Waals surface area contributed by atoms with Crippen LogP contribution in [0.25, 0.3) is 0 Å². The first-order valence-electron chi connectivity index (χ1n) is 5.93. The number of nitrogens with one attached hydrogen (secondary N) is 2. The fourth-order valence-electron chi connectivity index (χ4n) is 2.49. The fourth-order valence-corrected chi connectivity index (χ4v) is 3.07. The highest BCUT2D eigenvalue weighted by atomic mass is 32.1. The molecule has 1 unspecified atom stereocenters. The Labute approximate surface area is 108 Å². The molecule has 2 fully saturated rings. The van der Waals surface area contributed by atoms with Crippen LogP contribution in [0.4, 0.5) is 4.79 Å². The zero-order valence-electron chi connectivity index (χ0n) is 9.81. The first kappa shape index (κ1) is 11.6. The minimum atomic E-state index is -0.722. The normalized spacial score (nSPS) is 27.9. The second-order valence-corrected chi connectivity index (χ2v) is 5.62. The Kier molecular flexibility index (Phi) is 2.79. The summed E-state index contributed by atoms with van der Waals surface area (Å²) in [6.45, 7) is 1.74. The summed E-state index contributed by atoms with van der Waals surface area (Å²) in [6.07, 6.45) is 3.31. The molecule has 3 rings (SSSR count). The number of nitrogens with zero attached hydrogens (tertiary/aromatic N) is 2. The third kappa shape index (κ3) is 1.79. The van der Waals surface area contributed by atoms with Crippen molar-refractivity contribution in [1.29, 1.82) is 0 Å². The van der Waals surface area contributed by atoms with E-state index in [2.05, 4.69) is 15.6 Å². The number of carbonyl (C=O) groups is 2. The van der Waals surface area contributed by atoms with Gasteiger partial charge in [-0.1, -0.05) is 0 Å². The standard InChI is InChI=1S/C11H14N4O2S/c16-9-11(2-1-3-12-6-11)14-10(17)15(9)5-8-4-13-7-18-8/h4,7,12H,1-3,5-6H2,(H,14,17). The van der Waals surface area contributed by atoms with Gasteiger partial charge in [0.1, 0.15) is 5.54 Å². The molecule has 0 saturated carbocycles. The molecule has 3 amide bonds. The number of carbonyl (C=O) groups excluding carboxylic acids is 2. The number of thiazole rings is 1. The van der Waals surface area contributed by atoms with Crippen LogP contribution in [0.5, 0.6) is 0 Å². The molecular formula is C11H14N4O2S. The van der Waals surface area contributed by atoms with Gasteiger partial charge in [-0.25, -0.2) is 4.79 Å². The summed E-state index contributed by atoms with van der Waals surface area (Å²) in [6, 6.07) is -0.294. The van der Waals surface area contributed by atoms with E-state index in [1.165, 1.54) is 16.2 Å². The van der Waals surface area contributed by atoms with Gasteiger partial charge in [-0.2, -0.15) is 0 Å². The molecule has 2 aliphatic heterocycles. The summed E-state index contributed by atoms with van der Waals surface area (Å²) in [5.74, 6) is -0.117. The molecule has 0 radical (unpaired) electrons. The van der Waals surface area contributed by atoms with E-state index in [0.717, 1.165) is 17.8 Å². The van der Waals surface area contributed by atoms with Crippen molar-refractivity contribution in [2.45, 2.75) is 24.9 Å². The van der Waals surface area contributed by atoms with E-state index in [0.29, 0.717) is 19.5 Å². The Morgan fingerprint density at radius 3 is 3.06 bits per heavy atom. The number of piperidine rings is 1. The van der Waals surface area contributed by atoms with Crippen molar-refractivity contribution in [3.05, 3.63) is 16.6 Å². The number of hydrogen-bond acceptors (Lipinski definition) is 5. The zero-order valence-corrected chi connectivity index (χ0v) is 10.6. The molecule has 1 aromatic heterocycles. The molecule has 0 aromatic carbocycles.